The van der Waals surface area contributed by atoms with Gasteiger partial charge in [-0.05, 0) is 37.2 Å². The zero-order valence-corrected chi connectivity index (χ0v) is 13.3. The zero-order chi connectivity index (χ0) is 14.4. The average molecular weight is 311 g/mol. The Kier molecular flexibility index (Phi) is 5.76. The molecule has 0 aliphatic rings. The molecule has 6 heteroatoms. The third kappa shape index (κ3) is 4.44. The SMILES string of the molecule is CCCNCc1ccc(N(C)Cc2ccc(Cl)s2)nn1. The van der Waals surface area contributed by atoms with Gasteiger partial charge in [-0.2, -0.15) is 5.10 Å². The summed E-state index contributed by atoms with van der Waals surface area (Å²) in [4.78, 5) is 3.28. The van der Waals surface area contributed by atoms with Crippen LogP contribution in [-0.2, 0) is 13.1 Å². The van der Waals surface area contributed by atoms with E-state index in [2.05, 4.69) is 27.3 Å². The van der Waals surface area contributed by atoms with E-state index in [0.29, 0.717) is 0 Å². The minimum absolute atomic E-state index is 0.769. The van der Waals surface area contributed by atoms with Gasteiger partial charge in [0.25, 0.3) is 0 Å². The maximum absolute atomic E-state index is 5.94. The summed E-state index contributed by atoms with van der Waals surface area (Å²) in [5.74, 6) is 0.869. The maximum Gasteiger partial charge on any atom is 0.151 e. The molecule has 0 bridgehead atoms. The Morgan fingerprint density at radius 3 is 2.70 bits per heavy atom. The largest absolute Gasteiger partial charge is 0.353 e. The van der Waals surface area contributed by atoms with Crippen molar-refractivity contribution in [3.8, 4) is 0 Å². The molecule has 108 valence electrons. The summed E-state index contributed by atoms with van der Waals surface area (Å²) in [6.45, 7) is 4.71. The van der Waals surface area contributed by atoms with Crippen molar-refractivity contribution in [3.63, 3.8) is 0 Å². The van der Waals surface area contributed by atoms with Gasteiger partial charge in [-0.3, -0.25) is 0 Å². The van der Waals surface area contributed by atoms with Crippen LogP contribution in [0.1, 0.15) is 23.9 Å². The molecule has 0 spiro atoms. The van der Waals surface area contributed by atoms with Gasteiger partial charge in [0.05, 0.1) is 16.6 Å². The number of thiophene rings is 1. The molecule has 2 aromatic heterocycles. The van der Waals surface area contributed by atoms with Gasteiger partial charge < -0.3 is 10.2 Å². The van der Waals surface area contributed by atoms with E-state index in [4.69, 9.17) is 11.6 Å². The molecule has 0 unspecified atom stereocenters. The van der Waals surface area contributed by atoms with Gasteiger partial charge in [0.1, 0.15) is 0 Å². The fourth-order valence-corrected chi connectivity index (χ4v) is 2.94. The Morgan fingerprint density at radius 1 is 1.25 bits per heavy atom. The fraction of sp³-hybridized carbons (Fsp3) is 0.429. The van der Waals surface area contributed by atoms with Crippen LogP contribution in [0.2, 0.25) is 4.34 Å². The first-order chi connectivity index (χ1) is 9.69. The highest BCUT2D eigenvalue weighted by Gasteiger charge is 2.06. The number of rotatable bonds is 7. The molecule has 0 radical (unpaired) electrons. The molecule has 2 aromatic rings. The smallest absolute Gasteiger partial charge is 0.151 e. The first kappa shape index (κ1) is 15.2. The monoisotopic (exact) mass is 310 g/mol. The number of anilines is 1. The van der Waals surface area contributed by atoms with Crippen LogP contribution < -0.4 is 10.2 Å². The molecule has 1 N–H and O–H groups in total. The highest BCUT2D eigenvalue weighted by atomic mass is 35.5. The third-order valence-corrected chi connectivity index (χ3v) is 4.07. The van der Waals surface area contributed by atoms with Crippen LogP contribution in [0.3, 0.4) is 0 Å². The first-order valence-corrected chi connectivity index (χ1v) is 7.87. The lowest BCUT2D eigenvalue weighted by Crippen LogP contribution is -2.19. The zero-order valence-electron chi connectivity index (χ0n) is 11.8. The molecule has 0 aliphatic carbocycles. The van der Waals surface area contributed by atoms with Gasteiger partial charge >= 0.3 is 0 Å². The second kappa shape index (κ2) is 7.57. The molecule has 0 amide bonds. The van der Waals surface area contributed by atoms with Crippen molar-refractivity contribution in [2.45, 2.75) is 26.4 Å². The summed E-state index contributed by atoms with van der Waals surface area (Å²) in [5, 5.41) is 11.8. The second-order valence-corrected chi connectivity index (χ2v) is 6.42. The number of halogens is 1. The number of hydrogen-bond acceptors (Lipinski definition) is 5. The van der Waals surface area contributed by atoms with Crippen LogP contribution in [-0.4, -0.2) is 23.8 Å². The van der Waals surface area contributed by atoms with Crippen molar-refractivity contribution in [2.75, 3.05) is 18.5 Å². The van der Waals surface area contributed by atoms with E-state index < -0.39 is 0 Å². The minimum Gasteiger partial charge on any atom is -0.353 e. The second-order valence-electron chi connectivity index (χ2n) is 4.62. The van der Waals surface area contributed by atoms with Crippen molar-refractivity contribution in [1.82, 2.24) is 15.5 Å². The van der Waals surface area contributed by atoms with E-state index in [1.54, 1.807) is 11.3 Å². The van der Waals surface area contributed by atoms with E-state index in [1.807, 2.05) is 31.3 Å². The number of nitrogens with zero attached hydrogens (tertiary/aromatic N) is 3. The first-order valence-electron chi connectivity index (χ1n) is 6.67. The minimum atomic E-state index is 0.769. The molecule has 0 atom stereocenters. The van der Waals surface area contributed by atoms with Crippen molar-refractivity contribution in [2.24, 2.45) is 0 Å². The molecular formula is C14H19ClN4S. The van der Waals surface area contributed by atoms with Gasteiger partial charge in [-0.1, -0.05) is 18.5 Å². The summed E-state index contributed by atoms with van der Waals surface area (Å²) in [5.41, 5.74) is 0.967. The average Bonchev–Trinajstić information content (AvgIpc) is 2.85. The van der Waals surface area contributed by atoms with Gasteiger partial charge in [0.15, 0.2) is 5.82 Å². The summed E-state index contributed by atoms with van der Waals surface area (Å²) in [7, 11) is 2.01. The fourth-order valence-electron chi connectivity index (χ4n) is 1.80. The molecule has 0 saturated carbocycles. The topological polar surface area (TPSA) is 41.0 Å². The summed E-state index contributed by atoms with van der Waals surface area (Å²) >= 11 is 7.53. The van der Waals surface area contributed by atoms with E-state index in [0.717, 1.165) is 41.9 Å². The van der Waals surface area contributed by atoms with Gasteiger partial charge in [-0.15, -0.1) is 16.4 Å². The molecule has 0 saturated heterocycles. The predicted molar refractivity (Wildman–Crippen MR) is 85.5 cm³/mol. The lowest BCUT2D eigenvalue weighted by atomic mass is 10.3. The molecule has 0 fully saturated rings. The van der Waals surface area contributed by atoms with Crippen molar-refractivity contribution in [1.29, 1.82) is 0 Å². The van der Waals surface area contributed by atoms with Crippen LogP contribution in [0, 0.1) is 0 Å². The number of aromatic nitrogens is 2. The summed E-state index contributed by atoms with van der Waals surface area (Å²) in [6.07, 6.45) is 1.12. The Balaban J connectivity index is 1.91. The molecule has 0 aliphatic heterocycles. The van der Waals surface area contributed by atoms with Crippen LogP contribution in [0.5, 0.6) is 0 Å². The Morgan fingerprint density at radius 2 is 2.10 bits per heavy atom. The highest BCUT2D eigenvalue weighted by molar-refractivity contribution is 7.16. The molecule has 2 rings (SSSR count). The van der Waals surface area contributed by atoms with Gasteiger partial charge in [-0.25, -0.2) is 0 Å². The van der Waals surface area contributed by atoms with Crippen molar-refractivity contribution in [3.05, 3.63) is 39.2 Å². The van der Waals surface area contributed by atoms with Gasteiger partial charge in [0.2, 0.25) is 0 Å². The van der Waals surface area contributed by atoms with Crippen LogP contribution >= 0.6 is 22.9 Å². The van der Waals surface area contributed by atoms with Crippen LogP contribution in [0.15, 0.2) is 24.3 Å². The molecule has 4 nitrogen and oxygen atoms in total. The van der Waals surface area contributed by atoms with Crippen molar-refractivity contribution >= 4 is 28.8 Å². The van der Waals surface area contributed by atoms with Crippen LogP contribution in [0.4, 0.5) is 5.82 Å². The summed E-state index contributed by atoms with van der Waals surface area (Å²) in [6, 6.07) is 7.98. The molecule has 2 heterocycles. The molecule has 0 aromatic carbocycles. The van der Waals surface area contributed by atoms with Crippen molar-refractivity contribution < 1.29 is 0 Å². The lowest BCUT2D eigenvalue weighted by molar-refractivity contribution is 0.656. The summed E-state index contributed by atoms with van der Waals surface area (Å²) < 4.78 is 0.817. The third-order valence-electron chi connectivity index (χ3n) is 2.85. The number of nitrogens with one attached hydrogen (secondary N) is 1. The maximum atomic E-state index is 5.94. The van der Waals surface area contributed by atoms with E-state index >= 15 is 0 Å². The van der Waals surface area contributed by atoms with Crippen LogP contribution in [0.25, 0.3) is 0 Å². The lowest BCUT2D eigenvalue weighted by Gasteiger charge is -2.16. The molecular weight excluding hydrogens is 292 g/mol. The predicted octanol–water partition coefficient (Wildman–Crippen LogP) is 3.33. The standard InChI is InChI=1S/C14H19ClN4S/c1-3-8-16-9-11-4-7-14(18-17-11)19(2)10-12-5-6-13(15)20-12/h4-7,16H,3,8-10H2,1-2H3. The normalized spacial score (nSPS) is 10.8. The van der Waals surface area contributed by atoms with E-state index in [1.165, 1.54) is 4.88 Å². The molecule has 20 heavy (non-hydrogen) atoms. The Hall–Kier alpha value is -1.17. The Labute approximate surface area is 128 Å². The quantitative estimate of drug-likeness (QED) is 0.796. The van der Waals surface area contributed by atoms with E-state index in [-0.39, 0.29) is 0 Å². The van der Waals surface area contributed by atoms with E-state index in [9.17, 15) is 0 Å². The van der Waals surface area contributed by atoms with Gasteiger partial charge in [0, 0.05) is 18.5 Å². The number of hydrogen-bond donors (Lipinski definition) is 1. The highest BCUT2D eigenvalue weighted by Crippen LogP contribution is 2.23. The Bertz CT molecular complexity index is 526.